The van der Waals surface area contributed by atoms with Crippen molar-refractivity contribution >= 4 is 0 Å². The average Bonchev–Trinajstić information content (AvgIpc) is 2.14. The number of rotatable bonds is 5. The summed E-state index contributed by atoms with van der Waals surface area (Å²) in [6.07, 6.45) is 6.49. The van der Waals surface area contributed by atoms with Crippen LogP contribution < -0.4 is 0 Å². The number of hydrogen-bond donors (Lipinski definition) is 0. The highest BCUT2D eigenvalue weighted by atomic mass is 16.5. The molecule has 1 saturated heterocycles. The van der Waals surface area contributed by atoms with E-state index in [1.54, 1.807) is 0 Å². The molecule has 0 N–H and O–H groups in total. The first-order valence-corrected chi connectivity index (χ1v) is 5.13. The van der Waals surface area contributed by atoms with Crippen LogP contribution in [0.4, 0.5) is 0 Å². The van der Waals surface area contributed by atoms with Crippen molar-refractivity contribution in [2.24, 2.45) is 0 Å². The van der Waals surface area contributed by atoms with Crippen LogP contribution in [-0.4, -0.2) is 25.9 Å². The van der Waals surface area contributed by atoms with E-state index >= 15 is 0 Å². The molecule has 1 unspecified atom stereocenters. The topological polar surface area (TPSA) is 18.5 Å². The molecule has 1 aliphatic heterocycles. The second-order valence-corrected chi connectivity index (χ2v) is 3.42. The molecule has 0 radical (unpaired) electrons. The fourth-order valence-corrected chi connectivity index (χ4v) is 1.44. The Bertz CT molecular complexity index is 98.0. The van der Waals surface area contributed by atoms with E-state index in [0.29, 0.717) is 6.10 Å². The van der Waals surface area contributed by atoms with Gasteiger partial charge in [-0.25, -0.2) is 0 Å². The van der Waals surface area contributed by atoms with Crippen LogP contribution >= 0.6 is 0 Å². The molecule has 72 valence electrons. The maximum Gasteiger partial charge on any atom is 0.0809 e. The van der Waals surface area contributed by atoms with Gasteiger partial charge in [-0.05, 0) is 19.3 Å². The minimum atomic E-state index is 0.385. The number of ether oxygens (including phenoxy) is 2. The first-order valence-electron chi connectivity index (χ1n) is 5.13. The van der Waals surface area contributed by atoms with E-state index in [9.17, 15) is 0 Å². The Labute approximate surface area is 75.2 Å². The van der Waals surface area contributed by atoms with Gasteiger partial charge in [0.25, 0.3) is 0 Å². The Kier molecular flexibility index (Phi) is 5.37. The molecule has 2 heteroatoms. The van der Waals surface area contributed by atoms with Crippen molar-refractivity contribution in [3.8, 4) is 0 Å². The van der Waals surface area contributed by atoms with Crippen LogP contribution in [0.1, 0.15) is 39.0 Å². The zero-order chi connectivity index (χ0) is 8.65. The number of unbranched alkanes of at least 4 members (excludes halogenated alkanes) is 2. The predicted octanol–water partition coefficient (Wildman–Crippen LogP) is 2.37. The molecule has 1 rings (SSSR count). The van der Waals surface area contributed by atoms with E-state index < -0.39 is 0 Å². The van der Waals surface area contributed by atoms with Gasteiger partial charge >= 0.3 is 0 Å². The summed E-state index contributed by atoms with van der Waals surface area (Å²) in [6.45, 7) is 4.87. The molecule has 0 bridgehead atoms. The van der Waals surface area contributed by atoms with Gasteiger partial charge in [0, 0.05) is 13.2 Å². The predicted molar refractivity (Wildman–Crippen MR) is 49.3 cm³/mol. The summed E-state index contributed by atoms with van der Waals surface area (Å²) in [7, 11) is 0. The average molecular weight is 172 g/mol. The molecule has 0 aliphatic carbocycles. The van der Waals surface area contributed by atoms with Gasteiger partial charge in [0.1, 0.15) is 0 Å². The maximum absolute atomic E-state index is 5.66. The highest BCUT2D eigenvalue weighted by Crippen LogP contribution is 2.10. The van der Waals surface area contributed by atoms with Crippen LogP contribution in [0.15, 0.2) is 0 Å². The Hall–Kier alpha value is -0.0800. The van der Waals surface area contributed by atoms with E-state index in [2.05, 4.69) is 6.92 Å². The molecular formula is C10H20O2. The van der Waals surface area contributed by atoms with Gasteiger partial charge in [-0.2, -0.15) is 0 Å². The van der Waals surface area contributed by atoms with Gasteiger partial charge in [0.2, 0.25) is 0 Å². The molecule has 1 aliphatic rings. The Balaban J connectivity index is 1.91. The third kappa shape index (κ3) is 4.07. The second kappa shape index (κ2) is 6.44. The molecule has 0 saturated carbocycles. The summed E-state index contributed by atoms with van der Waals surface area (Å²) >= 11 is 0. The molecule has 1 heterocycles. The van der Waals surface area contributed by atoms with Crippen LogP contribution in [0.25, 0.3) is 0 Å². The lowest BCUT2D eigenvalue weighted by Gasteiger charge is -2.22. The van der Waals surface area contributed by atoms with Gasteiger partial charge in [0.05, 0.1) is 12.7 Å². The molecule has 12 heavy (non-hydrogen) atoms. The summed E-state index contributed by atoms with van der Waals surface area (Å²) in [4.78, 5) is 0. The molecule has 0 aromatic heterocycles. The van der Waals surface area contributed by atoms with E-state index in [1.807, 2.05) is 0 Å². The van der Waals surface area contributed by atoms with Crippen molar-refractivity contribution in [3.05, 3.63) is 0 Å². The SMILES string of the molecule is CCCCCOC1CCCOC1. The largest absolute Gasteiger partial charge is 0.379 e. The van der Waals surface area contributed by atoms with Crippen LogP contribution in [0.3, 0.4) is 0 Å². The zero-order valence-corrected chi connectivity index (χ0v) is 8.05. The quantitative estimate of drug-likeness (QED) is 0.593. The molecule has 0 spiro atoms. The van der Waals surface area contributed by atoms with Crippen molar-refractivity contribution in [2.75, 3.05) is 19.8 Å². The van der Waals surface area contributed by atoms with Gasteiger partial charge in [-0.1, -0.05) is 19.8 Å². The Morgan fingerprint density at radius 2 is 2.33 bits per heavy atom. The van der Waals surface area contributed by atoms with E-state index in [0.717, 1.165) is 19.8 Å². The molecule has 2 nitrogen and oxygen atoms in total. The fraction of sp³-hybridized carbons (Fsp3) is 1.00. The van der Waals surface area contributed by atoms with E-state index in [1.165, 1.54) is 32.1 Å². The van der Waals surface area contributed by atoms with Crippen LogP contribution in [-0.2, 0) is 9.47 Å². The molecule has 1 atom stereocenters. The second-order valence-electron chi connectivity index (χ2n) is 3.42. The van der Waals surface area contributed by atoms with Crippen molar-refractivity contribution in [1.29, 1.82) is 0 Å². The molecular weight excluding hydrogens is 152 g/mol. The summed E-state index contributed by atoms with van der Waals surface area (Å²) in [5.41, 5.74) is 0. The zero-order valence-electron chi connectivity index (χ0n) is 8.05. The number of hydrogen-bond acceptors (Lipinski definition) is 2. The van der Waals surface area contributed by atoms with Crippen molar-refractivity contribution in [2.45, 2.75) is 45.1 Å². The highest BCUT2D eigenvalue weighted by Gasteiger charge is 2.13. The minimum absolute atomic E-state index is 0.385. The summed E-state index contributed by atoms with van der Waals surface area (Å²) in [5.74, 6) is 0. The van der Waals surface area contributed by atoms with Gasteiger partial charge in [-0.3, -0.25) is 0 Å². The van der Waals surface area contributed by atoms with Crippen molar-refractivity contribution < 1.29 is 9.47 Å². The lowest BCUT2D eigenvalue weighted by molar-refractivity contribution is -0.0506. The van der Waals surface area contributed by atoms with Gasteiger partial charge < -0.3 is 9.47 Å². The normalized spacial score (nSPS) is 24.2. The van der Waals surface area contributed by atoms with Crippen LogP contribution in [0, 0.1) is 0 Å². The monoisotopic (exact) mass is 172 g/mol. The lowest BCUT2D eigenvalue weighted by Crippen LogP contribution is -2.25. The highest BCUT2D eigenvalue weighted by molar-refractivity contribution is 4.61. The minimum Gasteiger partial charge on any atom is -0.379 e. The third-order valence-electron chi connectivity index (χ3n) is 2.22. The lowest BCUT2D eigenvalue weighted by atomic mass is 10.2. The smallest absolute Gasteiger partial charge is 0.0809 e. The molecule has 1 fully saturated rings. The Morgan fingerprint density at radius 3 is 3.00 bits per heavy atom. The Morgan fingerprint density at radius 1 is 1.42 bits per heavy atom. The van der Waals surface area contributed by atoms with E-state index in [4.69, 9.17) is 9.47 Å². The van der Waals surface area contributed by atoms with Gasteiger partial charge in [0.15, 0.2) is 0 Å². The molecule has 0 aromatic rings. The fourth-order valence-electron chi connectivity index (χ4n) is 1.44. The first kappa shape index (κ1) is 10.0. The summed E-state index contributed by atoms with van der Waals surface area (Å²) < 4.78 is 11.0. The van der Waals surface area contributed by atoms with Crippen LogP contribution in [0.5, 0.6) is 0 Å². The third-order valence-corrected chi connectivity index (χ3v) is 2.22. The first-order chi connectivity index (χ1) is 5.93. The van der Waals surface area contributed by atoms with Gasteiger partial charge in [-0.15, -0.1) is 0 Å². The summed E-state index contributed by atoms with van der Waals surface area (Å²) in [5, 5.41) is 0. The molecule has 0 amide bonds. The van der Waals surface area contributed by atoms with Crippen molar-refractivity contribution in [1.82, 2.24) is 0 Å². The summed E-state index contributed by atoms with van der Waals surface area (Å²) in [6, 6.07) is 0. The van der Waals surface area contributed by atoms with Crippen LogP contribution in [0.2, 0.25) is 0 Å². The maximum atomic E-state index is 5.66. The van der Waals surface area contributed by atoms with E-state index in [-0.39, 0.29) is 0 Å². The standard InChI is InChI=1S/C10H20O2/c1-2-3-4-8-12-10-6-5-7-11-9-10/h10H,2-9H2,1H3. The van der Waals surface area contributed by atoms with Crippen molar-refractivity contribution in [3.63, 3.8) is 0 Å². The molecule has 0 aromatic carbocycles.